The van der Waals surface area contributed by atoms with Crippen molar-refractivity contribution in [1.82, 2.24) is 0 Å². The van der Waals surface area contributed by atoms with Crippen molar-refractivity contribution < 1.29 is 0 Å². The number of anilines is 1. The van der Waals surface area contributed by atoms with Gasteiger partial charge in [-0.05, 0) is 43.6 Å². The fourth-order valence-corrected chi connectivity index (χ4v) is 2.56. The molecule has 1 aromatic carbocycles. The van der Waals surface area contributed by atoms with Crippen LogP contribution in [0.4, 0.5) is 5.69 Å². The summed E-state index contributed by atoms with van der Waals surface area (Å²) < 4.78 is 0. The molecule has 94 valence electrons. The molecule has 3 N–H and O–H groups in total. The van der Waals surface area contributed by atoms with Crippen molar-refractivity contribution in [1.29, 1.82) is 0 Å². The molecule has 0 aromatic heterocycles. The molecule has 2 nitrogen and oxygen atoms in total. The summed E-state index contributed by atoms with van der Waals surface area (Å²) in [6, 6.07) is 6.10. The van der Waals surface area contributed by atoms with E-state index >= 15 is 0 Å². The van der Waals surface area contributed by atoms with Crippen LogP contribution in [0.3, 0.4) is 0 Å². The first-order chi connectivity index (χ1) is 8.04. The Morgan fingerprint density at radius 3 is 2.82 bits per heavy atom. The Morgan fingerprint density at radius 1 is 1.59 bits per heavy atom. The summed E-state index contributed by atoms with van der Waals surface area (Å²) in [4.78, 5) is 0.331. The first kappa shape index (κ1) is 14.6. The minimum Gasteiger partial charge on any atom is -0.389 e. The molecule has 1 rings (SSSR count). The lowest BCUT2D eigenvalue weighted by molar-refractivity contribution is 0.772. The summed E-state index contributed by atoms with van der Waals surface area (Å²) in [5.74, 6) is 1.15. The molecule has 0 saturated carbocycles. The Kier molecular flexibility index (Phi) is 6.09. The first-order valence-corrected chi connectivity index (χ1v) is 7.57. The topological polar surface area (TPSA) is 38.0 Å². The molecule has 0 spiro atoms. The van der Waals surface area contributed by atoms with Crippen molar-refractivity contribution in [2.24, 2.45) is 5.73 Å². The van der Waals surface area contributed by atoms with Gasteiger partial charge in [-0.3, -0.25) is 0 Å². The lowest BCUT2D eigenvalue weighted by atomic mass is 10.2. The molecule has 0 aliphatic heterocycles. The molecule has 0 bridgehead atoms. The lowest BCUT2D eigenvalue weighted by Crippen LogP contribution is -2.16. The first-order valence-electron chi connectivity index (χ1n) is 5.39. The Balaban J connectivity index is 2.67. The second-order valence-electron chi connectivity index (χ2n) is 3.89. The highest BCUT2D eigenvalue weighted by Crippen LogP contribution is 2.21. The molecule has 0 amide bonds. The van der Waals surface area contributed by atoms with Gasteiger partial charge in [0, 0.05) is 17.3 Å². The standard InChI is InChI=1S/C12H17ClN2S2/c1-8(5-6-17-2)15-9-3-4-10(12(14)16)11(13)7-9/h3-4,7-8,15H,5-6H2,1-2H3,(H2,14,16). The van der Waals surface area contributed by atoms with Gasteiger partial charge < -0.3 is 11.1 Å². The highest BCUT2D eigenvalue weighted by Gasteiger charge is 2.06. The smallest absolute Gasteiger partial charge is 0.105 e. The molecule has 1 unspecified atom stereocenters. The van der Waals surface area contributed by atoms with Crippen LogP contribution in [0.2, 0.25) is 5.02 Å². The average Bonchev–Trinajstić information content (AvgIpc) is 2.26. The average molecular weight is 289 g/mol. The van der Waals surface area contributed by atoms with Gasteiger partial charge in [0.2, 0.25) is 0 Å². The maximum Gasteiger partial charge on any atom is 0.105 e. The SMILES string of the molecule is CSCCC(C)Nc1ccc(C(N)=S)c(Cl)c1. The molecule has 0 aliphatic rings. The highest BCUT2D eigenvalue weighted by atomic mass is 35.5. The maximum atomic E-state index is 6.10. The van der Waals surface area contributed by atoms with Crippen LogP contribution in [0.5, 0.6) is 0 Å². The van der Waals surface area contributed by atoms with Gasteiger partial charge >= 0.3 is 0 Å². The van der Waals surface area contributed by atoms with Gasteiger partial charge in [-0.25, -0.2) is 0 Å². The molecular weight excluding hydrogens is 272 g/mol. The fourth-order valence-electron chi connectivity index (χ4n) is 1.46. The largest absolute Gasteiger partial charge is 0.389 e. The third kappa shape index (κ3) is 4.74. The molecule has 0 aliphatic carbocycles. The van der Waals surface area contributed by atoms with E-state index in [0.29, 0.717) is 16.1 Å². The zero-order valence-electron chi connectivity index (χ0n) is 10.00. The highest BCUT2D eigenvalue weighted by molar-refractivity contribution is 7.98. The molecule has 17 heavy (non-hydrogen) atoms. The Labute approximate surface area is 117 Å². The molecule has 0 saturated heterocycles. The molecule has 1 atom stereocenters. The third-order valence-corrected chi connectivity index (χ3v) is 3.58. The van der Waals surface area contributed by atoms with E-state index in [2.05, 4.69) is 18.5 Å². The van der Waals surface area contributed by atoms with Gasteiger partial charge in [0.1, 0.15) is 4.99 Å². The fraction of sp³-hybridized carbons (Fsp3) is 0.417. The minimum atomic E-state index is 0.331. The van der Waals surface area contributed by atoms with Gasteiger partial charge in [-0.15, -0.1) is 0 Å². The molecule has 0 fully saturated rings. The van der Waals surface area contributed by atoms with Crippen molar-refractivity contribution >= 4 is 46.3 Å². The van der Waals surface area contributed by atoms with E-state index in [4.69, 9.17) is 29.6 Å². The number of thiocarbonyl (C=S) groups is 1. The summed E-state index contributed by atoms with van der Waals surface area (Å²) in [7, 11) is 0. The summed E-state index contributed by atoms with van der Waals surface area (Å²) in [5.41, 5.74) is 7.28. The Bertz CT molecular complexity index is 396. The third-order valence-electron chi connectivity index (χ3n) is 2.40. The van der Waals surface area contributed by atoms with E-state index in [-0.39, 0.29) is 0 Å². The van der Waals surface area contributed by atoms with E-state index in [1.54, 1.807) is 0 Å². The second-order valence-corrected chi connectivity index (χ2v) is 5.72. The van der Waals surface area contributed by atoms with E-state index in [1.165, 1.54) is 0 Å². The van der Waals surface area contributed by atoms with Crippen molar-refractivity contribution in [2.75, 3.05) is 17.3 Å². The van der Waals surface area contributed by atoms with Gasteiger partial charge in [-0.1, -0.05) is 23.8 Å². The summed E-state index contributed by atoms with van der Waals surface area (Å²) in [5, 5.41) is 4.00. The van der Waals surface area contributed by atoms with Gasteiger partial charge in [-0.2, -0.15) is 11.8 Å². The Hall–Kier alpha value is -0.450. The van der Waals surface area contributed by atoms with Crippen LogP contribution < -0.4 is 11.1 Å². The monoisotopic (exact) mass is 288 g/mol. The summed E-state index contributed by atoms with van der Waals surface area (Å²) >= 11 is 12.9. The number of benzene rings is 1. The van der Waals surface area contributed by atoms with Crippen LogP contribution in [-0.2, 0) is 0 Å². The number of rotatable bonds is 6. The zero-order valence-corrected chi connectivity index (χ0v) is 12.4. The molecule has 0 heterocycles. The summed E-state index contributed by atoms with van der Waals surface area (Å²) in [6.45, 7) is 2.16. The molecule has 0 radical (unpaired) electrons. The molecular formula is C12H17ClN2S2. The van der Waals surface area contributed by atoms with Crippen LogP contribution in [0, 0.1) is 0 Å². The number of halogens is 1. The quantitative estimate of drug-likeness (QED) is 0.786. The Morgan fingerprint density at radius 2 is 2.29 bits per heavy atom. The number of hydrogen-bond acceptors (Lipinski definition) is 3. The van der Waals surface area contributed by atoms with E-state index in [1.807, 2.05) is 30.0 Å². The number of hydrogen-bond donors (Lipinski definition) is 2. The number of thioether (sulfide) groups is 1. The van der Waals surface area contributed by atoms with E-state index < -0.39 is 0 Å². The summed E-state index contributed by atoms with van der Waals surface area (Å²) in [6.07, 6.45) is 3.23. The minimum absolute atomic E-state index is 0.331. The predicted molar refractivity (Wildman–Crippen MR) is 83.4 cm³/mol. The number of nitrogens with two attached hydrogens (primary N) is 1. The van der Waals surface area contributed by atoms with Crippen LogP contribution >= 0.6 is 35.6 Å². The second kappa shape index (κ2) is 7.09. The number of nitrogens with one attached hydrogen (secondary N) is 1. The lowest BCUT2D eigenvalue weighted by Gasteiger charge is -2.15. The normalized spacial score (nSPS) is 12.2. The van der Waals surface area contributed by atoms with Crippen LogP contribution in [0.25, 0.3) is 0 Å². The van der Waals surface area contributed by atoms with Gasteiger partial charge in [0.05, 0.1) is 5.02 Å². The van der Waals surface area contributed by atoms with Crippen molar-refractivity contribution in [3.8, 4) is 0 Å². The van der Waals surface area contributed by atoms with E-state index in [0.717, 1.165) is 23.4 Å². The van der Waals surface area contributed by atoms with E-state index in [9.17, 15) is 0 Å². The molecule has 1 aromatic rings. The zero-order chi connectivity index (χ0) is 12.8. The van der Waals surface area contributed by atoms with Gasteiger partial charge in [0.25, 0.3) is 0 Å². The van der Waals surface area contributed by atoms with Crippen LogP contribution in [0.15, 0.2) is 18.2 Å². The van der Waals surface area contributed by atoms with Crippen molar-refractivity contribution in [2.45, 2.75) is 19.4 Å². The van der Waals surface area contributed by atoms with Crippen LogP contribution in [-0.4, -0.2) is 23.0 Å². The predicted octanol–water partition coefficient (Wildman–Crippen LogP) is 3.53. The van der Waals surface area contributed by atoms with Crippen LogP contribution in [0.1, 0.15) is 18.9 Å². The van der Waals surface area contributed by atoms with Crippen molar-refractivity contribution in [3.05, 3.63) is 28.8 Å². The van der Waals surface area contributed by atoms with Crippen molar-refractivity contribution in [3.63, 3.8) is 0 Å². The molecule has 5 heteroatoms. The van der Waals surface area contributed by atoms with Gasteiger partial charge in [0.15, 0.2) is 0 Å². The maximum absolute atomic E-state index is 6.10.